The zero-order valence-electron chi connectivity index (χ0n) is 17.2. The molecule has 3 aromatic carbocycles. The topological polar surface area (TPSA) is 75.6 Å². The lowest BCUT2D eigenvalue weighted by Gasteiger charge is -2.19. The number of carboxylic acid groups (broad SMARTS) is 1. The number of hydrogen-bond donors (Lipinski definition) is 2. The fourth-order valence-electron chi connectivity index (χ4n) is 3.20. The quantitative estimate of drug-likeness (QED) is 0.496. The van der Waals surface area contributed by atoms with Crippen LogP contribution < -0.4 is 10.1 Å². The molecule has 0 aromatic heterocycles. The first-order valence-electron chi connectivity index (χ1n) is 10.1. The third-order valence-corrected chi connectivity index (χ3v) is 4.84. The van der Waals surface area contributed by atoms with Gasteiger partial charge in [-0.05, 0) is 47.9 Å². The van der Waals surface area contributed by atoms with Crippen molar-refractivity contribution in [2.24, 2.45) is 0 Å². The predicted molar refractivity (Wildman–Crippen MR) is 117 cm³/mol. The summed E-state index contributed by atoms with van der Waals surface area (Å²) in [7, 11) is 0. The van der Waals surface area contributed by atoms with E-state index in [1.54, 1.807) is 30.3 Å². The summed E-state index contributed by atoms with van der Waals surface area (Å²) < 4.78 is 20.7. The Morgan fingerprint density at radius 2 is 1.74 bits per heavy atom. The molecule has 0 radical (unpaired) electrons. The van der Waals surface area contributed by atoms with Crippen molar-refractivity contribution in [3.8, 4) is 16.9 Å². The smallest absolute Gasteiger partial charge is 0.305 e. The van der Waals surface area contributed by atoms with Gasteiger partial charge in [0, 0.05) is 17.7 Å². The first-order chi connectivity index (χ1) is 15.0. The van der Waals surface area contributed by atoms with Gasteiger partial charge in [0.05, 0.1) is 6.42 Å². The maximum Gasteiger partial charge on any atom is 0.305 e. The number of nitrogens with one attached hydrogen (secondary N) is 1. The summed E-state index contributed by atoms with van der Waals surface area (Å²) in [5.41, 5.74) is 2.49. The highest BCUT2D eigenvalue weighted by molar-refractivity contribution is 5.94. The number of carboxylic acids is 1. The molecule has 3 aromatic rings. The van der Waals surface area contributed by atoms with Crippen LogP contribution in [0.4, 0.5) is 4.39 Å². The van der Waals surface area contributed by atoms with Crippen molar-refractivity contribution in [2.45, 2.75) is 25.9 Å². The van der Waals surface area contributed by atoms with Crippen molar-refractivity contribution >= 4 is 11.9 Å². The van der Waals surface area contributed by atoms with Crippen LogP contribution in [0.2, 0.25) is 0 Å². The number of benzene rings is 3. The first kappa shape index (κ1) is 22.0. The lowest BCUT2D eigenvalue weighted by atomic mass is 10.00. The number of carbonyl (C=O) groups excluding carboxylic acids is 1. The van der Waals surface area contributed by atoms with Crippen molar-refractivity contribution in [3.63, 3.8) is 0 Å². The molecule has 0 bridgehead atoms. The fourth-order valence-corrected chi connectivity index (χ4v) is 3.20. The lowest BCUT2D eigenvalue weighted by molar-refractivity contribution is -0.136. The van der Waals surface area contributed by atoms with Crippen molar-refractivity contribution in [1.29, 1.82) is 0 Å². The number of aliphatic carboxylic acids is 1. The minimum atomic E-state index is -0.970. The normalized spacial score (nSPS) is 11.5. The van der Waals surface area contributed by atoms with E-state index in [4.69, 9.17) is 9.84 Å². The average Bonchev–Trinajstić information content (AvgIpc) is 2.78. The van der Waals surface area contributed by atoms with Crippen LogP contribution in [0.3, 0.4) is 0 Å². The van der Waals surface area contributed by atoms with Gasteiger partial charge < -0.3 is 15.2 Å². The Bertz CT molecular complexity index is 1040. The molecule has 3 rings (SSSR count). The number of ether oxygens (including phenoxy) is 1. The van der Waals surface area contributed by atoms with E-state index >= 15 is 0 Å². The molecule has 6 heteroatoms. The number of amides is 1. The molecule has 0 fully saturated rings. The molecule has 0 aliphatic carbocycles. The molecule has 5 nitrogen and oxygen atoms in total. The lowest BCUT2D eigenvalue weighted by Crippen LogP contribution is -2.25. The van der Waals surface area contributed by atoms with Crippen molar-refractivity contribution in [1.82, 2.24) is 5.32 Å². The van der Waals surface area contributed by atoms with Gasteiger partial charge in [0.25, 0.3) is 5.91 Å². The van der Waals surface area contributed by atoms with Crippen LogP contribution in [-0.4, -0.2) is 23.5 Å². The van der Waals surface area contributed by atoms with Crippen LogP contribution in [0, 0.1) is 5.82 Å². The highest BCUT2D eigenvalue weighted by Gasteiger charge is 2.15. The van der Waals surface area contributed by atoms with Gasteiger partial charge in [0.15, 0.2) is 0 Å². The van der Waals surface area contributed by atoms with Gasteiger partial charge in [-0.15, -0.1) is 0 Å². The minimum absolute atomic E-state index is 0.0644. The Morgan fingerprint density at radius 3 is 2.35 bits per heavy atom. The van der Waals surface area contributed by atoms with E-state index in [9.17, 15) is 14.0 Å². The molecule has 0 aliphatic rings. The Kier molecular flexibility index (Phi) is 7.38. The summed E-state index contributed by atoms with van der Waals surface area (Å²) in [6.07, 6.45) is 0.168. The van der Waals surface area contributed by atoms with Crippen LogP contribution in [0.25, 0.3) is 11.1 Å². The van der Waals surface area contributed by atoms with Crippen molar-refractivity contribution in [2.75, 3.05) is 6.54 Å². The molecule has 160 valence electrons. The second-order valence-corrected chi connectivity index (χ2v) is 7.04. The molecule has 31 heavy (non-hydrogen) atoms. The molecule has 0 saturated heterocycles. The molecule has 0 aliphatic heterocycles. The van der Waals surface area contributed by atoms with Gasteiger partial charge in [-0.25, -0.2) is 4.39 Å². The third kappa shape index (κ3) is 5.92. The summed E-state index contributed by atoms with van der Waals surface area (Å²) in [4.78, 5) is 22.6. The van der Waals surface area contributed by atoms with Crippen LogP contribution in [0.1, 0.15) is 41.8 Å². The van der Waals surface area contributed by atoms with Gasteiger partial charge in [0.1, 0.15) is 17.7 Å². The highest BCUT2D eigenvalue weighted by Crippen LogP contribution is 2.29. The van der Waals surface area contributed by atoms with Gasteiger partial charge in [0.2, 0.25) is 0 Å². The maximum atomic E-state index is 14.7. The standard InChI is InChI=1S/C25H24FNO4/c1-2-23(19-10-13-21(22(26)16-19)17-6-4-3-5-7-17)31-20-11-8-18(9-12-20)25(30)27-15-14-24(28)29/h3-13,16,23H,2,14-15H2,1H3,(H,27,30)(H,28,29). The van der Waals surface area contributed by atoms with E-state index in [-0.39, 0.29) is 30.8 Å². The number of halogens is 1. The van der Waals surface area contributed by atoms with Gasteiger partial charge >= 0.3 is 5.97 Å². The Morgan fingerprint density at radius 1 is 1.03 bits per heavy atom. The van der Waals surface area contributed by atoms with Crippen LogP contribution in [0.5, 0.6) is 5.75 Å². The van der Waals surface area contributed by atoms with Crippen molar-refractivity contribution in [3.05, 3.63) is 89.7 Å². The molecular weight excluding hydrogens is 397 g/mol. The maximum absolute atomic E-state index is 14.7. The largest absolute Gasteiger partial charge is 0.486 e. The summed E-state index contributed by atoms with van der Waals surface area (Å²) in [6.45, 7) is 2.02. The summed E-state index contributed by atoms with van der Waals surface area (Å²) in [6, 6.07) is 21.0. The minimum Gasteiger partial charge on any atom is -0.486 e. The zero-order valence-corrected chi connectivity index (χ0v) is 17.2. The summed E-state index contributed by atoms with van der Waals surface area (Å²) >= 11 is 0. The second-order valence-electron chi connectivity index (χ2n) is 7.04. The monoisotopic (exact) mass is 421 g/mol. The van der Waals surface area contributed by atoms with E-state index in [1.165, 1.54) is 6.07 Å². The molecule has 1 atom stereocenters. The van der Waals surface area contributed by atoms with Crippen LogP contribution >= 0.6 is 0 Å². The second kappa shape index (κ2) is 10.4. The SMILES string of the molecule is CCC(Oc1ccc(C(=O)NCCC(=O)O)cc1)c1ccc(-c2ccccc2)c(F)c1. The molecule has 0 saturated carbocycles. The Balaban J connectivity index is 1.67. The molecule has 2 N–H and O–H groups in total. The van der Waals surface area contributed by atoms with E-state index in [1.807, 2.05) is 43.3 Å². The Labute approximate surface area is 180 Å². The van der Waals surface area contributed by atoms with Gasteiger partial charge in [-0.2, -0.15) is 0 Å². The van der Waals surface area contributed by atoms with Crippen LogP contribution in [-0.2, 0) is 4.79 Å². The summed E-state index contributed by atoms with van der Waals surface area (Å²) in [5.74, 6) is -1.07. The van der Waals surface area contributed by atoms with Gasteiger partial charge in [-0.3, -0.25) is 9.59 Å². The molecular formula is C25H24FNO4. The molecule has 1 amide bonds. The Hall–Kier alpha value is -3.67. The van der Waals surface area contributed by atoms with E-state index in [2.05, 4.69) is 5.32 Å². The van der Waals surface area contributed by atoms with E-state index in [0.29, 0.717) is 23.3 Å². The van der Waals surface area contributed by atoms with E-state index in [0.717, 1.165) is 11.1 Å². The predicted octanol–water partition coefficient (Wildman–Crippen LogP) is 5.23. The summed E-state index contributed by atoms with van der Waals surface area (Å²) in [5, 5.41) is 11.2. The number of carbonyl (C=O) groups is 2. The van der Waals surface area contributed by atoms with Gasteiger partial charge in [-0.1, -0.05) is 49.4 Å². The number of rotatable bonds is 9. The van der Waals surface area contributed by atoms with E-state index < -0.39 is 5.97 Å². The fraction of sp³-hybridized carbons (Fsp3) is 0.200. The zero-order chi connectivity index (χ0) is 22.2. The number of hydrogen-bond acceptors (Lipinski definition) is 3. The highest BCUT2D eigenvalue weighted by atomic mass is 19.1. The molecule has 0 spiro atoms. The molecule has 1 unspecified atom stereocenters. The van der Waals surface area contributed by atoms with Crippen molar-refractivity contribution < 1.29 is 23.8 Å². The first-order valence-corrected chi connectivity index (χ1v) is 10.1. The molecule has 0 heterocycles. The van der Waals surface area contributed by atoms with Crippen LogP contribution in [0.15, 0.2) is 72.8 Å². The average molecular weight is 421 g/mol. The third-order valence-electron chi connectivity index (χ3n) is 4.84.